The summed E-state index contributed by atoms with van der Waals surface area (Å²) in [6.45, 7) is 2.33. The summed E-state index contributed by atoms with van der Waals surface area (Å²) in [6, 6.07) is 17.2. The Bertz CT molecular complexity index is 930. The van der Waals surface area contributed by atoms with Gasteiger partial charge >= 0.3 is 5.97 Å². The molecule has 0 saturated carbocycles. The smallest absolute Gasteiger partial charge is 0.316 e. The first-order valence-corrected chi connectivity index (χ1v) is 9.57. The van der Waals surface area contributed by atoms with Gasteiger partial charge in [-0.25, -0.2) is 0 Å². The number of para-hydroxylation sites is 2. The molecule has 0 spiro atoms. The van der Waals surface area contributed by atoms with Crippen LogP contribution in [0.1, 0.15) is 18.3 Å². The topological polar surface area (TPSA) is 86.5 Å². The van der Waals surface area contributed by atoms with Crippen molar-refractivity contribution in [1.29, 1.82) is 0 Å². The molecule has 28 heavy (non-hydrogen) atoms. The molecule has 7 nitrogen and oxygen atoms in total. The van der Waals surface area contributed by atoms with Crippen LogP contribution in [0.25, 0.3) is 0 Å². The lowest BCUT2D eigenvalue weighted by atomic mass is 10.2. The molecule has 0 amide bonds. The second-order valence-corrected chi connectivity index (χ2v) is 7.32. The lowest BCUT2D eigenvalue weighted by Crippen LogP contribution is -2.14. The van der Waals surface area contributed by atoms with Crippen LogP contribution in [0.3, 0.4) is 0 Å². The summed E-state index contributed by atoms with van der Waals surface area (Å²) in [5, 5.41) is 17.5. The van der Waals surface area contributed by atoms with Gasteiger partial charge in [-0.3, -0.25) is 9.36 Å². The Morgan fingerprint density at radius 2 is 1.79 bits per heavy atom. The number of rotatable bonds is 9. The van der Waals surface area contributed by atoms with Crippen LogP contribution in [0.15, 0.2) is 59.8 Å². The van der Waals surface area contributed by atoms with Crippen molar-refractivity contribution in [2.75, 3.05) is 7.11 Å². The number of carboxylic acid groups (broad SMARTS) is 1. The minimum atomic E-state index is -0.897. The number of carboxylic acids is 1. The van der Waals surface area contributed by atoms with E-state index in [0.717, 1.165) is 17.3 Å². The van der Waals surface area contributed by atoms with Gasteiger partial charge in [-0.2, -0.15) is 0 Å². The van der Waals surface area contributed by atoms with Crippen molar-refractivity contribution >= 4 is 17.7 Å². The first-order chi connectivity index (χ1) is 13.6. The molecule has 1 N–H and O–H groups in total. The van der Waals surface area contributed by atoms with Crippen LogP contribution in [-0.4, -0.2) is 38.2 Å². The summed E-state index contributed by atoms with van der Waals surface area (Å²) in [6.07, 6.45) is 0. The Morgan fingerprint density at radius 1 is 1.11 bits per heavy atom. The second kappa shape index (κ2) is 9.27. The Kier molecular flexibility index (Phi) is 6.54. The quantitative estimate of drug-likeness (QED) is 0.551. The molecule has 0 aliphatic rings. The van der Waals surface area contributed by atoms with Crippen molar-refractivity contribution in [1.82, 2.24) is 14.8 Å². The van der Waals surface area contributed by atoms with Crippen molar-refractivity contribution in [3.05, 3.63) is 66.0 Å². The third kappa shape index (κ3) is 4.83. The molecule has 3 rings (SSSR count). The van der Waals surface area contributed by atoms with Crippen molar-refractivity contribution < 1.29 is 19.4 Å². The average Bonchev–Trinajstić information content (AvgIpc) is 3.08. The van der Waals surface area contributed by atoms with Gasteiger partial charge in [0, 0.05) is 0 Å². The van der Waals surface area contributed by atoms with Gasteiger partial charge < -0.3 is 14.6 Å². The highest BCUT2D eigenvalue weighted by Gasteiger charge is 2.20. The van der Waals surface area contributed by atoms with Crippen LogP contribution < -0.4 is 9.47 Å². The molecular formula is C20H21N3O4S. The van der Waals surface area contributed by atoms with Gasteiger partial charge in [-0.05, 0) is 24.6 Å². The first kappa shape index (κ1) is 19.8. The fraction of sp³-hybridized carbons (Fsp3) is 0.250. The van der Waals surface area contributed by atoms with Crippen molar-refractivity contribution in [3.8, 4) is 11.5 Å². The summed E-state index contributed by atoms with van der Waals surface area (Å²) in [5.41, 5.74) is 1.06. The number of methoxy groups -OCH3 is 1. The second-order valence-electron chi connectivity index (χ2n) is 6.01. The number of ether oxygens (including phenoxy) is 2. The highest BCUT2D eigenvalue weighted by Crippen LogP contribution is 2.28. The standard InChI is InChI=1S/C20H21N3O4S/c1-14(19(24)25)28-20-22-21-18(23(20)12-15-8-4-3-5-9-15)13-27-17-11-7-6-10-16(17)26-2/h3-11,14H,12-13H2,1-2H3,(H,24,25). The van der Waals surface area contributed by atoms with Crippen molar-refractivity contribution in [3.63, 3.8) is 0 Å². The largest absolute Gasteiger partial charge is 0.493 e. The SMILES string of the molecule is COc1ccccc1OCc1nnc(SC(C)C(=O)O)n1Cc1ccccc1. The molecular weight excluding hydrogens is 378 g/mol. The van der Waals surface area contributed by atoms with Crippen LogP contribution in [0.4, 0.5) is 0 Å². The number of benzene rings is 2. The zero-order valence-electron chi connectivity index (χ0n) is 15.6. The van der Waals surface area contributed by atoms with Crippen LogP contribution >= 0.6 is 11.8 Å². The Hall–Kier alpha value is -3.00. The van der Waals surface area contributed by atoms with E-state index in [4.69, 9.17) is 9.47 Å². The maximum atomic E-state index is 11.2. The van der Waals surface area contributed by atoms with Crippen molar-refractivity contribution in [2.24, 2.45) is 0 Å². The van der Waals surface area contributed by atoms with Gasteiger partial charge in [0.1, 0.15) is 11.9 Å². The maximum absolute atomic E-state index is 11.2. The predicted octanol–water partition coefficient (Wildman–Crippen LogP) is 3.48. The van der Waals surface area contributed by atoms with E-state index in [1.54, 1.807) is 14.0 Å². The van der Waals surface area contributed by atoms with Crippen LogP contribution in [0.5, 0.6) is 11.5 Å². The number of aromatic nitrogens is 3. The van der Waals surface area contributed by atoms with E-state index in [0.29, 0.717) is 29.0 Å². The average molecular weight is 399 g/mol. The van der Waals surface area contributed by atoms with E-state index in [9.17, 15) is 9.90 Å². The molecule has 0 aliphatic heterocycles. The van der Waals surface area contributed by atoms with E-state index in [1.807, 2.05) is 59.2 Å². The van der Waals surface area contributed by atoms with E-state index >= 15 is 0 Å². The lowest BCUT2D eigenvalue weighted by molar-refractivity contribution is -0.136. The van der Waals surface area contributed by atoms with Crippen LogP contribution in [0.2, 0.25) is 0 Å². The van der Waals surface area contributed by atoms with Crippen molar-refractivity contribution in [2.45, 2.75) is 30.5 Å². The fourth-order valence-corrected chi connectivity index (χ4v) is 3.33. The molecule has 1 heterocycles. The highest BCUT2D eigenvalue weighted by molar-refractivity contribution is 8.00. The zero-order valence-corrected chi connectivity index (χ0v) is 16.4. The molecule has 146 valence electrons. The third-order valence-electron chi connectivity index (χ3n) is 4.03. The van der Waals surface area contributed by atoms with Gasteiger partial charge in [0.15, 0.2) is 22.5 Å². The zero-order chi connectivity index (χ0) is 19.9. The fourth-order valence-electron chi connectivity index (χ4n) is 2.53. The molecule has 1 unspecified atom stereocenters. The Morgan fingerprint density at radius 3 is 2.46 bits per heavy atom. The molecule has 0 saturated heterocycles. The summed E-state index contributed by atoms with van der Waals surface area (Å²) in [4.78, 5) is 11.2. The number of aliphatic carboxylic acids is 1. The maximum Gasteiger partial charge on any atom is 0.316 e. The van der Waals surface area contributed by atoms with E-state index in [1.165, 1.54) is 0 Å². The van der Waals surface area contributed by atoms with Crippen LogP contribution in [-0.2, 0) is 17.9 Å². The summed E-state index contributed by atoms with van der Waals surface area (Å²) >= 11 is 1.16. The third-order valence-corrected chi connectivity index (χ3v) is 5.10. The van der Waals surface area contributed by atoms with Gasteiger partial charge in [0.2, 0.25) is 0 Å². The Labute approximate surface area is 167 Å². The number of thioether (sulfide) groups is 1. The number of hydrogen-bond donors (Lipinski definition) is 1. The number of hydrogen-bond acceptors (Lipinski definition) is 6. The molecule has 0 radical (unpaired) electrons. The van der Waals surface area contributed by atoms with E-state index < -0.39 is 11.2 Å². The number of nitrogens with zero attached hydrogens (tertiary/aromatic N) is 3. The molecule has 0 aliphatic carbocycles. The summed E-state index contributed by atoms with van der Waals surface area (Å²) < 4.78 is 13.1. The highest BCUT2D eigenvalue weighted by atomic mass is 32.2. The molecule has 0 bridgehead atoms. The monoisotopic (exact) mass is 399 g/mol. The first-order valence-electron chi connectivity index (χ1n) is 8.69. The Balaban J connectivity index is 1.85. The van der Waals surface area contributed by atoms with E-state index in [-0.39, 0.29) is 6.61 Å². The van der Waals surface area contributed by atoms with Gasteiger partial charge in [-0.15, -0.1) is 10.2 Å². The molecule has 0 fully saturated rings. The minimum Gasteiger partial charge on any atom is -0.493 e. The predicted molar refractivity (Wildman–Crippen MR) is 106 cm³/mol. The van der Waals surface area contributed by atoms with Gasteiger partial charge in [0.25, 0.3) is 0 Å². The number of carbonyl (C=O) groups is 1. The molecule has 8 heteroatoms. The molecule has 2 aromatic carbocycles. The lowest BCUT2D eigenvalue weighted by Gasteiger charge is -2.13. The molecule has 1 aromatic heterocycles. The van der Waals surface area contributed by atoms with Crippen LogP contribution in [0, 0.1) is 0 Å². The molecule has 3 aromatic rings. The normalized spacial score (nSPS) is 11.8. The van der Waals surface area contributed by atoms with E-state index in [2.05, 4.69) is 10.2 Å². The minimum absolute atomic E-state index is 0.183. The summed E-state index contributed by atoms with van der Waals surface area (Å²) in [7, 11) is 1.59. The van der Waals surface area contributed by atoms with Gasteiger partial charge in [-0.1, -0.05) is 54.2 Å². The molecule has 1 atom stereocenters. The summed E-state index contributed by atoms with van der Waals surface area (Å²) in [5.74, 6) is 0.944. The van der Waals surface area contributed by atoms with Gasteiger partial charge in [0.05, 0.1) is 13.7 Å².